The minimum absolute atomic E-state index is 0.0671. The maximum atomic E-state index is 12.0. The summed E-state index contributed by atoms with van der Waals surface area (Å²) in [6, 6.07) is 0. The number of fused-ring (bicyclic) bond motifs is 2. The second-order valence-corrected chi connectivity index (χ2v) is 7.93. The Bertz CT molecular complexity index is 983. The van der Waals surface area contributed by atoms with Crippen molar-refractivity contribution in [3.05, 3.63) is 16.7 Å². The molecule has 0 bridgehead atoms. The van der Waals surface area contributed by atoms with Gasteiger partial charge in [0.1, 0.15) is 18.3 Å². The fourth-order valence-electron chi connectivity index (χ4n) is 3.32. The summed E-state index contributed by atoms with van der Waals surface area (Å²) in [5, 5.41) is 0. The van der Waals surface area contributed by atoms with Gasteiger partial charge in [0.25, 0.3) is 5.56 Å². The fourth-order valence-corrected chi connectivity index (χ4v) is 3.66. The zero-order valence-electron chi connectivity index (χ0n) is 14.3. The number of aromatic nitrogens is 4. The van der Waals surface area contributed by atoms with E-state index in [0.717, 1.165) is 0 Å². The minimum Gasteiger partial charge on any atom is -0.369 e. The van der Waals surface area contributed by atoms with E-state index in [4.69, 9.17) is 29.7 Å². The van der Waals surface area contributed by atoms with Gasteiger partial charge in [-0.05, 0) is 13.8 Å². The van der Waals surface area contributed by atoms with Crippen LogP contribution in [0.25, 0.3) is 11.2 Å². The Labute approximate surface area is 151 Å². The average molecular weight is 403 g/mol. The van der Waals surface area contributed by atoms with Gasteiger partial charge in [-0.15, -0.1) is 0 Å². The molecule has 27 heavy (non-hydrogen) atoms. The number of rotatable bonds is 4. The minimum atomic E-state index is -4.69. The number of hydrogen-bond donors (Lipinski definition) is 4. The van der Waals surface area contributed by atoms with Crippen molar-refractivity contribution in [3.8, 4) is 0 Å². The summed E-state index contributed by atoms with van der Waals surface area (Å²) >= 11 is 0. The average Bonchev–Trinajstić information content (AvgIpc) is 3.15. The number of H-pyrrole nitrogens is 1. The van der Waals surface area contributed by atoms with Gasteiger partial charge in [0.15, 0.2) is 23.2 Å². The molecule has 2 aromatic rings. The van der Waals surface area contributed by atoms with Crippen molar-refractivity contribution in [2.24, 2.45) is 0 Å². The number of phosphoric acid groups is 1. The number of nitrogens with zero attached hydrogens (tertiary/aromatic N) is 3. The Kier molecular flexibility index (Phi) is 4.16. The third-order valence-electron chi connectivity index (χ3n) is 4.26. The lowest BCUT2D eigenvalue weighted by Gasteiger charge is -2.24. The summed E-state index contributed by atoms with van der Waals surface area (Å²) in [4.78, 5) is 40.4. The first-order valence-electron chi connectivity index (χ1n) is 7.97. The highest BCUT2D eigenvalue weighted by atomic mass is 31.2. The topological polar surface area (TPSA) is 184 Å². The highest BCUT2D eigenvalue weighted by Crippen LogP contribution is 2.45. The van der Waals surface area contributed by atoms with Gasteiger partial charge >= 0.3 is 7.82 Å². The largest absolute Gasteiger partial charge is 0.469 e. The zero-order chi connectivity index (χ0) is 19.6. The van der Waals surface area contributed by atoms with E-state index in [1.54, 1.807) is 13.8 Å². The summed E-state index contributed by atoms with van der Waals surface area (Å²) in [5.74, 6) is -1.04. The molecule has 0 amide bonds. The van der Waals surface area contributed by atoms with Gasteiger partial charge in [-0.1, -0.05) is 0 Å². The molecule has 148 valence electrons. The van der Waals surface area contributed by atoms with Crippen LogP contribution in [0.3, 0.4) is 0 Å². The van der Waals surface area contributed by atoms with Gasteiger partial charge in [-0.25, -0.2) is 9.55 Å². The summed E-state index contributed by atoms with van der Waals surface area (Å²) < 4.78 is 34.6. The summed E-state index contributed by atoms with van der Waals surface area (Å²) in [7, 11) is -4.69. The molecule has 0 spiro atoms. The van der Waals surface area contributed by atoms with Crippen LogP contribution in [0.5, 0.6) is 0 Å². The van der Waals surface area contributed by atoms with E-state index in [2.05, 4.69) is 19.5 Å². The highest BCUT2D eigenvalue weighted by molar-refractivity contribution is 7.46. The molecule has 5 N–H and O–H groups in total. The molecule has 2 unspecified atom stereocenters. The van der Waals surface area contributed by atoms with Crippen molar-refractivity contribution in [2.45, 2.75) is 44.2 Å². The zero-order valence-corrected chi connectivity index (χ0v) is 15.2. The molecule has 0 aliphatic carbocycles. The molecular weight excluding hydrogens is 385 g/mol. The Morgan fingerprint density at radius 2 is 2.11 bits per heavy atom. The van der Waals surface area contributed by atoms with Crippen LogP contribution in [0.4, 0.5) is 5.95 Å². The summed E-state index contributed by atoms with van der Waals surface area (Å²) in [6.45, 7) is 3.00. The molecule has 4 atom stereocenters. The van der Waals surface area contributed by atoms with Crippen LogP contribution in [0.2, 0.25) is 0 Å². The second-order valence-electron chi connectivity index (χ2n) is 6.69. The number of phosphoric ester groups is 1. The van der Waals surface area contributed by atoms with Gasteiger partial charge < -0.3 is 29.7 Å². The van der Waals surface area contributed by atoms with Crippen LogP contribution in [0, 0.1) is 0 Å². The van der Waals surface area contributed by atoms with Crippen LogP contribution in [-0.4, -0.2) is 60.0 Å². The standard InChI is InChI=1S/C13H18N5O8P/c1-13(2)25-7-5(3-23-27(20,21)22)24-11(8(7)26-13)18-4-15-6-9(18)16-12(14)17-10(6)19/h4-5,7-8,11H,3H2,1-2H3,(H2,20,21,22)(H3,14,16,17,19)/t5-,7?,8?,11-/m1/s1. The lowest BCUT2D eigenvalue weighted by atomic mass is 10.1. The van der Waals surface area contributed by atoms with E-state index in [1.165, 1.54) is 10.9 Å². The normalized spacial score (nSPS) is 30.1. The molecule has 13 nitrogen and oxygen atoms in total. The molecule has 0 aromatic carbocycles. The molecule has 0 radical (unpaired) electrons. The van der Waals surface area contributed by atoms with Crippen molar-refractivity contribution in [3.63, 3.8) is 0 Å². The summed E-state index contributed by atoms with van der Waals surface area (Å²) in [6.07, 6.45) is -1.60. The Balaban J connectivity index is 1.70. The fraction of sp³-hybridized carbons (Fsp3) is 0.615. The lowest BCUT2D eigenvalue weighted by Crippen LogP contribution is -2.32. The van der Waals surface area contributed by atoms with Crippen molar-refractivity contribution >= 4 is 24.9 Å². The smallest absolute Gasteiger partial charge is 0.369 e. The molecule has 4 heterocycles. The van der Waals surface area contributed by atoms with Crippen molar-refractivity contribution in [1.29, 1.82) is 0 Å². The number of nitrogens with one attached hydrogen (secondary N) is 1. The van der Waals surface area contributed by atoms with Gasteiger partial charge in [0, 0.05) is 0 Å². The van der Waals surface area contributed by atoms with Gasteiger partial charge in [-0.2, -0.15) is 4.98 Å². The van der Waals surface area contributed by atoms with Crippen LogP contribution >= 0.6 is 7.82 Å². The Hall–Kier alpha value is -1.86. The maximum Gasteiger partial charge on any atom is 0.469 e. The van der Waals surface area contributed by atoms with E-state index in [1.807, 2.05) is 0 Å². The molecule has 4 rings (SSSR count). The molecule has 2 fully saturated rings. The first-order valence-corrected chi connectivity index (χ1v) is 9.51. The Morgan fingerprint density at radius 1 is 1.41 bits per heavy atom. The van der Waals surface area contributed by atoms with Crippen LogP contribution in [-0.2, 0) is 23.3 Å². The van der Waals surface area contributed by atoms with Crippen LogP contribution < -0.4 is 11.3 Å². The van der Waals surface area contributed by atoms with Crippen molar-refractivity contribution in [1.82, 2.24) is 19.5 Å². The van der Waals surface area contributed by atoms with Crippen molar-refractivity contribution < 1.29 is 33.1 Å². The van der Waals surface area contributed by atoms with E-state index < -0.39 is 50.3 Å². The quantitative estimate of drug-likeness (QED) is 0.470. The second kappa shape index (κ2) is 6.07. The lowest BCUT2D eigenvalue weighted by molar-refractivity contribution is -0.199. The van der Waals surface area contributed by atoms with E-state index >= 15 is 0 Å². The maximum absolute atomic E-state index is 12.0. The van der Waals surface area contributed by atoms with Gasteiger partial charge in [0.05, 0.1) is 12.9 Å². The first kappa shape index (κ1) is 18.5. The Morgan fingerprint density at radius 3 is 2.81 bits per heavy atom. The molecule has 2 saturated heterocycles. The van der Waals surface area contributed by atoms with Crippen LogP contribution in [0.1, 0.15) is 20.1 Å². The third kappa shape index (κ3) is 3.38. The number of ether oxygens (including phenoxy) is 3. The van der Waals surface area contributed by atoms with Crippen molar-refractivity contribution in [2.75, 3.05) is 12.3 Å². The third-order valence-corrected chi connectivity index (χ3v) is 4.74. The first-order chi connectivity index (χ1) is 12.5. The van der Waals surface area contributed by atoms with E-state index in [9.17, 15) is 9.36 Å². The van der Waals surface area contributed by atoms with Gasteiger partial charge in [0.2, 0.25) is 5.95 Å². The molecule has 14 heteroatoms. The van der Waals surface area contributed by atoms with E-state index in [-0.39, 0.29) is 17.1 Å². The number of aromatic amines is 1. The number of anilines is 1. The number of nitrogen functional groups attached to an aromatic ring is 1. The molecule has 2 aliphatic heterocycles. The number of nitrogens with two attached hydrogens (primary N) is 1. The molecule has 2 aromatic heterocycles. The summed E-state index contributed by atoms with van der Waals surface area (Å²) in [5.41, 5.74) is 5.36. The predicted molar refractivity (Wildman–Crippen MR) is 88.3 cm³/mol. The molecular formula is C13H18N5O8P. The number of hydrogen-bond acceptors (Lipinski definition) is 9. The highest BCUT2D eigenvalue weighted by Gasteiger charge is 2.56. The van der Waals surface area contributed by atoms with Gasteiger partial charge in [-0.3, -0.25) is 18.9 Å². The molecule has 0 saturated carbocycles. The molecule has 2 aliphatic rings. The number of imidazole rings is 1. The predicted octanol–water partition coefficient (Wildman–Crippen LogP) is -0.771. The van der Waals surface area contributed by atoms with Crippen LogP contribution in [0.15, 0.2) is 11.1 Å². The van der Waals surface area contributed by atoms with E-state index in [0.29, 0.717) is 0 Å². The SMILES string of the molecule is CC1(C)OC2C(O1)[C@@H](COP(=O)(O)O)O[C@H]2n1cnc2c(=O)[nH]c(N)nc21. The monoisotopic (exact) mass is 403 g/mol.